The van der Waals surface area contributed by atoms with Crippen molar-refractivity contribution < 1.29 is 23.9 Å². The number of fused-ring (bicyclic) bond motifs is 1. The second-order valence-electron chi connectivity index (χ2n) is 11.8. The number of benzene rings is 1. The van der Waals surface area contributed by atoms with Crippen molar-refractivity contribution in [2.24, 2.45) is 5.41 Å². The summed E-state index contributed by atoms with van der Waals surface area (Å²) in [5, 5.41) is 8.59. The van der Waals surface area contributed by atoms with Crippen molar-refractivity contribution in [1.29, 1.82) is 0 Å². The predicted molar refractivity (Wildman–Crippen MR) is 136 cm³/mol. The van der Waals surface area contributed by atoms with E-state index in [0.29, 0.717) is 12.8 Å². The quantitative estimate of drug-likeness (QED) is 0.520. The van der Waals surface area contributed by atoms with Gasteiger partial charge in [-0.3, -0.25) is 14.4 Å². The van der Waals surface area contributed by atoms with Crippen LogP contribution in [0.2, 0.25) is 0 Å². The Bertz CT molecular complexity index is 981. The van der Waals surface area contributed by atoms with Crippen LogP contribution in [-0.4, -0.2) is 59.5 Å². The lowest BCUT2D eigenvalue weighted by atomic mass is 9.85. The van der Waals surface area contributed by atoms with Crippen molar-refractivity contribution in [3.63, 3.8) is 0 Å². The second kappa shape index (κ2) is 10.9. The van der Waals surface area contributed by atoms with E-state index in [0.717, 1.165) is 24.8 Å². The molecule has 1 saturated heterocycles. The molecule has 4 atom stereocenters. The van der Waals surface area contributed by atoms with Crippen LogP contribution >= 0.6 is 0 Å². The Morgan fingerprint density at radius 1 is 1.11 bits per heavy atom. The molecule has 1 aliphatic carbocycles. The molecule has 3 N–H and O–H groups in total. The van der Waals surface area contributed by atoms with Crippen molar-refractivity contribution in [3.8, 4) is 0 Å². The van der Waals surface area contributed by atoms with E-state index < -0.39 is 29.2 Å². The van der Waals surface area contributed by atoms with Crippen molar-refractivity contribution in [2.45, 2.75) is 97.0 Å². The zero-order chi connectivity index (χ0) is 26.7. The summed E-state index contributed by atoms with van der Waals surface area (Å²) >= 11 is 0. The minimum absolute atomic E-state index is 0.129. The molecular formula is C27H40N4O5. The number of carbonyl (C=O) groups is 4. The molecule has 4 amide bonds. The molecule has 36 heavy (non-hydrogen) atoms. The molecular weight excluding hydrogens is 460 g/mol. The Labute approximate surface area is 213 Å². The van der Waals surface area contributed by atoms with E-state index >= 15 is 0 Å². The minimum atomic E-state index is -0.923. The van der Waals surface area contributed by atoms with Gasteiger partial charge in [0.05, 0.1) is 6.04 Å². The van der Waals surface area contributed by atoms with Crippen molar-refractivity contribution >= 4 is 24.3 Å². The number of ether oxygens (including phenoxy) is 1. The number of alkyl carbamates (subject to hydrolysis) is 1. The standard InChI is InChI=1S/C27H40N4O5/c1-26(2,3)22(30-25(35)36-27(4,5)6)24(34)31-15-18(28-16-32)14-21(31)23(33)29-20-13-9-11-17-10-7-8-12-19(17)20/h7-8,10,12,16,18,20-22H,9,11,13-15H2,1-6H3,(H,28,32)(H,29,33)(H,30,35)/t18-,20?,21?,22?/m0/s1. The largest absolute Gasteiger partial charge is 0.444 e. The van der Waals surface area contributed by atoms with Crippen LogP contribution in [0.25, 0.3) is 0 Å². The zero-order valence-electron chi connectivity index (χ0n) is 22.2. The average Bonchev–Trinajstić information content (AvgIpc) is 3.20. The van der Waals surface area contributed by atoms with E-state index in [1.54, 1.807) is 20.8 Å². The first-order valence-electron chi connectivity index (χ1n) is 12.7. The molecule has 0 radical (unpaired) electrons. The fraction of sp³-hybridized carbons (Fsp3) is 0.630. The highest BCUT2D eigenvalue weighted by molar-refractivity contribution is 5.92. The molecule has 198 valence electrons. The molecule has 0 saturated carbocycles. The summed E-state index contributed by atoms with van der Waals surface area (Å²) in [6.45, 7) is 11.0. The molecule has 1 heterocycles. The van der Waals surface area contributed by atoms with Gasteiger partial charge in [-0.25, -0.2) is 4.79 Å². The molecule has 3 unspecified atom stereocenters. The lowest BCUT2D eigenvalue weighted by Gasteiger charge is -2.36. The third kappa shape index (κ3) is 6.77. The van der Waals surface area contributed by atoms with Gasteiger partial charge in [0.15, 0.2) is 0 Å². The van der Waals surface area contributed by atoms with Gasteiger partial charge in [0.25, 0.3) is 0 Å². The number of nitrogens with one attached hydrogen (secondary N) is 3. The van der Waals surface area contributed by atoms with Crippen LogP contribution < -0.4 is 16.0 Å². The van der Waals surface area contributed by atoms with Crippen LogP contribution in [0.15, 0.2) is 24.3 Å². The van der Waals surface area contributed by atoms with Crippen molar-refractivity contribution in [3.05, 3.63) is 35.4 Å². The third-order valence-electron chi connectivity index (χ3n) is 6.65. The molecule has 0 spiro atoms. The number of nitrogens with zero attached hydrogens (tertiary/aromatic N) is 1. The Morgan fingerprint density at radius 3 is 2.44 bits per heavy atom. The molecule has 2 aliphatic rings. The molecule has 1 fully saturated rings. The summed E-state index contributed by atoms with van der Waals surface area (Å²) in [6, 6.07) is 5.91. The Balaban J connectivity index is 1.82. The molecule has 9 heteroatoms. The number of amides is 4. The molecule has 1 aromatic rings. The molecule has 0 bridgehead atoms. The normalized spacial score (nSPS) is 22.7. The number of rotatable bonds is 6. The maximum atomic E-state index is 13.8. The number of likely N-dealkylation sites (tertiary alicyclic amines) is 1. The lowest BCUT2D eigenvalue weighted by Crippen LogP contribution is -2.58. The summed E-state index contributed by atoms with van der Waals surface area (Å²) < 4.78 is 5.39. The highest BCUT2D eigenvalue weighted by Crippen LogP contribution is 2.31. The summed E-state index contributed by atoms with van der Waals surface area (Å²) in [7, 11) is 0. The van der Waals surface area contributed by atoms with Crippen LogP contribution in [0.3, 0.4) is 0 Å². The van der Waals surface area contributed by atoms with Gasteiger partial charge in [-0.2, -0.15) is 0 Å². The Hall–Kier alpha value is -3.10. The maximum Gasteiger partial charge on any atom is 0.408 e. The first-order chi connectivity index (χ1) is 16.8. The fourth-order valence-corrected chi connectivity index (χ4v) is 4.96. The summed E-state index contributed by atoms with van der Waals surface area (Å²) in [5.74, 6) is -0.641. The number of carbonyl (C=O) groups excluding carboxylic acids is 4. The zero-order valence-corrected chi connectivity index (χ0v) is 22.2. The van der Waals surface area contributed by atoms with Crippen molar-refractivity contribution in [2.75, 3.05) is 6.54 Å². The first-order valence-corrected chi connectivity index (χ1v) is 12.7. The van der Waals surface area contributed by atoms with Gasteiger partial charge in [0.1, 0.15) is 17.7 Å². The van der Waals surface area contributed by atoms with Crippen LogP contribution in [0.4, 0.5) is 4.79 Å². The molecule has 3 rings (SSSR count). The van der Waals surface area contributed by atoms with Gasteiger partial charge < -0.3 is 25.6 Å². The van der Waals surface area contributed by atoms with Gasteiger partial charge in [-0.1, -0.05) is 45.0 Å². The highest BCUT2D eigenvalue weighted by atomic mass is 16.6. The molecule has 9 nitrogen and oxygen atoms in total. The topological polar surface area (TPSA) is 117 Å². The van der Waals surface area contributed by atoms with E-state index in [4.69, 9.17) is 4.74 Å². The van der Waals surface area contributed by atoms with Gasteiger partial charge in [0.2, 0.25) is 18.2 Å². The number of hydrogen-bond acceptors (Lipinski definition) is 5. The second-order valence-corrected chi connectivity index (χ2v) is 11.8. The van der Waals surface area contributed by atoms with Gasteiger partial charge in [-0.05, 0) is 63.0 Å². The van der Waals surface area contributed by atoms with E-state index in [9.17, 15) is 19.2 Å². The first kappa shape index (κ1) is 27.5. The Kier molecular flexibility index (Phi) is 8.31. The summed E-state index contributed by atoms with van der Waals surface area (Å²) in [4.78, 5) is 52.5. The SMILES string of the molecule is CC(C)(C)OC(=O)NC(C(=O)N1C[C@@H](NC=O)CC1C(=O)NC1CCCc2ccccc21)C(C)(C)C. The van der Waals surface area contributed by atoms with E-state index in [1.165, 1.54) is 10.5 Å². The molecule has 1 aliphatic heterocycles. The smallest absolute Gasteiger partial charge is 0.408 e. The lowest BCUT2D eigenvalue weighted by molar-refractivity contribution is -0.142. The van der Waals surface area contributed by atoms with Crippen LogP contribution in [0.1, 0.15) is 78.0 Å². The number of aryl methyl sites for hydroxylation is 1. The van der Waals surface area contributed by atoms with Gasteiger partial charge >= 0.3 is 6.09 Å². The van der Waals surface area contributed by atoms with Crippen LogP contribution in [0, 0.1) is 5.41 Å². The van der Waals surface area contributed by atoms with Crippen LogP contribution in [0.5, 0.6) is 0 Å². The molecule has 0 aromatic heterocycles. The average molecular weight is 501 g/mol. The summed E-state index contributed by atoms with van der Waals surface area (Å²) in [5.41, 5.74) is 0.965. The predicted octanol–water partition coefficient (Wildman–Crippen LogP) is 2.84. The fourth-order valence-electron chi connectivity index (χ4n) is 4.96. The maximum absolute atomic E-state index is 13.8. The molecule has 1 aromatic carbocycles. The third-order valence-corrected chi connectivity index (χ3v) is 6.65. The van der Waals surface area contributed by atoms with Gasteiger partial charge in [0, 0.05) is 12.6 Å². The van der Waals surface area contributed by atoms with E-state index in [1.807, 2.05) is 39.0 Å². The van der Waals surface area contributed by atoms with Crippen molar-refractivity contribution in [1.82, 2.24) is 20.9 Å². The van der Waals surface area contributed by atoms with E-state index in [2.05, 4.69) is 22.0 Å². The monoisotopic (exact) mass is 500 g/mol. The number of hydrogen-bond donors (Lipinski definition) is 3. The van der Waals surface area contributed by atoms with E-state index in [-0.39, 0.29) is 30.4 Å². The minimum Gasteiger partial charge on any atom is -0.444 e. The highest BCUT2D eigenvalue weighted by Gasteiger charge is 2.45. The summed E-state index contributed by atoms with van der Waals surface area (Å²) in [6.07, 6.45) is 2.96. The van der Waals surface area contributed by atoms with Crippen LogP contribution in [-0.2, 0) is 25.5 Å². The Morgan fingerprint density at radius 2 is 1.81 bits per heavy atom. The van der Waals surface area contributed by atoms with Gasteiger partial charge in [-0.15, -0.1) is 0 Å².